The number of anilines is 1. The molecule has 2 N–H and O–H groups in total. The third kappa shape index (κ3) is 2.85. The van der Waals surface area contributed by atoms with E-state index in [9.17, 15) is 13.6 Å². The van der Waals surface area contributed by atoms with E-state index >= 15 is 0 Å². The highest BCUT2D eigenvalue weighted by Gasteiger charge is 2.27. The van der Waals surface area contributed by atoms with Gasteiger partial charge in [-0.1, -0.05) is 19.8 Å². The number of aromatic carboxylic acids is 1. The maximum Gasteiger partial charge on any atom is 0.338 e. The van der Waals surface area contributed by atoms with Gasteiger partial charge in [0.25, 0.3) is 0 Å². The Morgan fingerprint density at radius 3 is 2.74 bits per heavy atom. The van der Waals surface area contributed by atoms with Gasteiger partial charge in [0, 0.05) is 12.1 Å². The number of hydrogen-bond acceptors (Lipinski definition) is 2. The van der Waals surface area contributed by atoms with E-state index < -0.39 is 23.2 Å². The van der Waals surface area contributed by atoms with Crippen LogP contribution in [0.1, 0.15) is 43.0 Å². The summed E-state index contributed by atoms with van der Waals surface area (Å²) in [5.74, 6) is -2.73. The van der Waals surface area contributed by atoms with Gasteiger partial charge >= 0.3 is 5.97 Å². The van der Waals surface area contributed by atoms with Gasteiger partial charge in [0.1, 0.15) is 11.6 Å². The van der Waals surface area contributed by atoms with Gasteiger partial charge in [0.05, 0.1) is 11.3 Å². The summed E-state index contributed by atoms with van der Waals surface area (Å²) in [5, 5.41) is 11.9. The molecule has 1 aromatic rings. The maximum absolute atomic E-state index is 13.7. The normalized spacial score (nSPS) is 22.5. The minimum absolute atomic E-state index is 0.0733. The van der Waals surface area contributed by atoms with Crippen LogP contribution in [0.25, 0.3) is 0 Å². The number of carbonyl (C=O) groups is 1. The largest absolute Gasteiger partial charge is 0.478 e. The van der Waals surface area contributed by atoms with E-state index in [-0.39, 0.29) is 11.7 Å². The average Bonchev–Trinajstić information content (AvgIpc) is 2.79. The Hall–Kier alpha value is -1.65. The fraction of sp³-hybridized carbons (Fsp3) is 0.500. The zero-order chi connectivity index (χ0) is 14.0. The topological polar surface area (TPSA) is 49.3 Å². The van der Waals surface area contributed by atoms with Crippen molar-refractivity contribution < 1.29 is 18.7 Å². The first kappa shape index (κ1) is 13.8. The molecule has 0 aliphatic heterocycles. The van der Waals surface area contributed by atoms with E-state index in [1.165, 1.54) is 0 Å². The molecule has 1 aromatic carbocycles. The fourth-order valence-electron chi connectivity index (χ4n) is 2.74. The Morgan fingerprint density at radius 1 is 1.37 bits per heavy atom. The van der Waals surface area contributed by atoms with Gasteiger partial charge < -0.3 is 10.4 Å². The molecule has 1 fully saturated rings. The fourth-order valence-corrected chi connectivity index (χ4v) is 2.74. The molecule has 2 unspecified atom stereocenters. The number of hydrogen-bond donors (Lipinski definition) is 2. The monoisotopic (exact) mass is 269 g/mol. The van der Waals surface area contributed by atoms with E-state index in [1.807, 2.05) is 0 Å². The zero-order valence-corrected chi connectivity index (χ0v) is 10.7. The molecule has 0 saturated heterocycles. The summed E-state index contributed by atoms with van der Waals surface area (Å²) < 4.78 is 27.0. The van der Waals surface area contributed by atoms with Crippen molar-refractivity contribution in [1.29, 1.82) is 0 Å². The lowest BCUT2D eigenvalue weighted by Gasteiger charge is -2.21. The van der Waals surface area contributed by atoms with Gasteiger partial charge in [-0.3, -0.25) is 0 Å². The predicted octanol–water partition coefficient (Wildman–Crippen LogP) is 3.65. The minimum Gasteiger partial charge on any atom is -0.478 e. The summed E-state index contributed by atoms with van der Waals surface area (Å²) >= 11 is 0. The van der Waals surface area contributed by atoms with Crippen LogP contribution in [0.15, 0.2) is 12.1 Å². The van der Waals surface area contributed by atoms with Gasteiger partial charge in [-0.2, -0.15) is 0 Å². The van der Waals surface area contributed by atoms with E-state index in [0.717, 1.165) is 31.7 Å². The third-order valence-electron chi connectivity index (χ3n) is 3.81. The van der Waals surface area contributed by atoms with E-state index in [2.05, 4.69) is 12.2 Å². The Bertz CT molecular complexity index is 491. The van der Waals surface area contributed by atoms with Crippen LogP contribution in [0.2, 0.25) is 0 Å². The van der Waals surface area contributed by atoms with E-state index in [0.29, 0.717) is 12.0 Å². The van der Waals surface area contributed by atoms with Crippen molar-refractivity contribution in [1.82, 2.24) is 0 Å². The lowest BCUT2D eigenvalue weighted by Crippen LogP contribution is -2.24. The summed E-state index contributed by atoms with van der Waals surface area (Å²) in [6, 6.07) is 1.80. The van der Waals surface area contributed by atoms with E-state index in [1.54, 1.807) is 0 Å². The summed E-state index contributed by atoms with van der Waals surface area (Å²) in [7, 11) is 0. The summed E-state index contributed by atoms with van der Waals surface area (Å²) in [6.45, 7) is 2.08. The second-order valence-corrected chi connectivity index (χ2v) is 4.97. The molecule has 3 nitrogen and oxygen atoms in total. The third-order valence-corrected chi connectivity index (χ3v) is 3.81. The first-order valence-corrected chi connectivity index (χ1v) is 6.51. The molecule has 1 aliphatic rings. The van der Waals surface area contributed by atoms with Crippen LogP contribution in [-0.2, 0) is 0 Å². The number of halogens is 2. The molecule has 0 heterocycles. The molecular weight excluding hydrogens is 252 g/mol. The summed E-state index contributed by atoms with van der Waals surface area (Å²) in [6.07, 6.45) is 4.08. The maximum atomic E-state index is 13.7. The van der Waals surface area contributed by atoms with Crippen molar-refractivity contribution in [2.24, 2.45) is 5.92 Å². The number of carboxylic acids is 1. The lowest BCUT2D eigenvalue weighted by molar-refractivity contribution is 0.0692. The van der Waals surface area contributed by atoms with Crippen molar-refractivity contribution in [3.63, 3.8) is 0 Å². The number of benzene rings is 1. The molecule has 0 bridgehead atoms. The first-order chi connectivity index (χ1) is 9.02. The van der Waals surface area contributed by atoms with Crippen molar-refractivity contribution >= 4 is 11.7 Å². The highest BCUT2D eigenvalue weighted by Crippen LogP contribution is 2.32. The van der Waals surface area contributed by atoms with Crippen molar-refractivity contribution in [2.75, 3.05) is 5.32 Å². The Morgan fingerprint density at radius 2 is 2.11 bits per heavy atom. The van der Waals surface area contributed by atoms with E-state index in [4.69, 9.17) is 5.11 Å². The molecule has 1 aliphatic carbocycles. The number of rotatable bonds is 4. The van der Waals surface area contributed by atoms with Crippen LogP contribution in [-0.4, -0.2) is 17.1 Å². The quantitative estimate of drug-likeness (QED) is 0.877. The smallest absolute Gasteiger partial charge is 0.338 e. The predicted molar refractivity (Wildman–Crippen MR) is 68.4 cm³/mol. The minimum atomic E-state index is -1.39. The van der Waals surface area contributed by atoms with Crippen LogP contribution in [0.5, 0.6) is 0 Å². The molecule has 104 valence electrons. The number of nitrogens with one attached hydrogen (secondary N) is 1. The second kappa shape index (κ2) is 5.55. The van der Waals surface area contributed by atoms with Crippen LogP contribution < -0.4 is 5.32 Å². The summed E-state index contributed by atoms with van der Waals surface area (Å²) in [5.41, 5.74) is -0.431. The Kier molecular flexibility index (Phi) is 4.02. The average molecular weight is 269 g/mol. The lowest BCUT2D eigenvalue weighted by atomic mass is 10.00. The molecule has 19 heavy (non-hydrogen) atoms. The SMILES string of the molecule is CCC1CCCC1Nc1cc(C(=O)O)c(F)cc1F. The molecule has 0 amide bonds. The van der Waals surface area contributed by atoms with Crippen LogP contribution in [0.4, 0.5) is 14.5 Å². The van der Waals surface area contributed by atoms with Gasteiger partial charge in [-0.15, -0.1) is 0 Å². The molecule has 0 radical (unpaired) electrons. The van der Waals surface area contributed by atoms with Crippen LogP contribution >= 0.6 is 0 Å². The zero-order valence-electron chi connectivity index (χ0n) is 10.7. The second-order valence-electron chi connectivity index (χ2n) is 4.97. The molecule has 2 atom stereocenters. The number of carboxylic acid groups (broad SMARTS) is 1. The molecule has 5 heteroatoms. The van der Waals surface area contributed by atoms with Gasteiger partial charge in [-0.25, -0.2) is 13.6 Å². The van der Waals surface area contributed by atoms with Gasteiger partial charge in [0.15, 0.2) is 0 Å². The van der Waals surface area contributed by atoms with Crippen LogP contribution in [0.3, 0.4) is 0 Å². The highest BCUT2D eigenvalue weighted by atomic mass is 19.1. The van der Waals surface area contributed by atoms with Crippen molar-refractivity contribution in [3.05, 3.63) is 29.3 Å². The molecule has 0 spiro atoms. The van der Waals surface area contributed by atoms with Gasteiger partial charge in [0.2, 0.25) is 0 Å². The van der Waals surface area contributed by atoms with Crippen molar-refractivity contribution in [3.8, 4) is 0 Å². The Balaban J connectivity index is 2.24. The standard InChI is InChI=1S/C14H17F2NO2/c1-2-8-4-3-5-12(8)17-13-6-9(14(18)19)10(15)7-11(13)16/h6-8,12,17H,2-5H2,1H3,(H,18,19). The summed E-state index contributed by atoms with van der Waals surface area (Å²) in [4.78, 5) is 10.9. The molecule has 2 rings (SSSR count). The molecule has 0 aromatic heterocycles. The molecular formula is C14H17F2NO2. The van der Waals surface area contributed by atoms with Crippen molar-refractivity contribution in [2.45, 2.75) is 38.6 Å². The first-order valence-electron chi connectivity index (χ1n) is 6.51. The molecule has 1 saturated carbocycles. The highest BCUT2D eigenvalue weighted by molar-refractivity contribution is 5.89. The Labute approximate surface area is 110 Å². The van der Waals surface area contributed by atoms with Crippen LogP contribution in [0, 0.1) is 17.6 Å². The van der Waals surface area contributed by atoms with Gasteiger partial charge in [-0.05, 0) is 24.8 Å².